The highest BCUT2D eigenvalue weighted by Gasteiger charge is 2.25. The number of nitrogens with two attached hydrogens (primary N) is 1. The highest BCUT2D eigenvalue weighted by atomic mass is 19.1. The summed E-state index contributed by atoms with van der Waals surface area (Å²) in [5.74, 6) is 0. The van der Waals surface area contributed by atoms with Crippen LogP contribution >= 0.6 is 0 Å². The van der Waals surface area contributed by atoms with E-state index in [-0.39, 0.29) is 6.04 Å². The molecule has 0 amide bonds. The van der Waals surface area contributed by atoms with Crippen molar-refractivity contribution in [3.63, 3.8) is 0 Å². The molecule has 2 nitrogen and oxygen atoms in total. The highest BCUT2D eigenvalue weighted by Crippen LogP contribution is 2.13. The molecule has 3 heteroatoms. The Morgan fingerprint density at radius 1 is 1.31 bits per heavy atom. The van der Waals surface area contributed by atoms with E-state index < -0.39 is 6.17 Å². The normalized spacial score (nSPS) is 26.9. The summed E-state index contributed by atoms with van der Waals surface area (Å²) in [5, 5.41) is 0. The first kappa shape index (κ1) is 11.6. The maximum atomic E-state index is 13.4. The highest BCUT2D eigenvalue weighted by molar-refractivity contribution is 5.14. The SMILES string of the molecule is NC1CCN(CCc2ccccc2)CC1F. The summed E-state index contributed by atoms with van der Waals surface area (Å²) < 4.78 is 13.4. The molecule has 2 atom stereocenters. The number of benzene rings is 1. The van der Waals surface area contributed by atoms with Crippen molar-refractivity contribution in [2.75, 3.05) is 19.6 Å². The Kier molecular flexibility index (Phi) is 3.91. The first-order valence-corrected chi connectivity index (χ1v) is 5.91. The zero-order valence-corrected chi connectivity index (χ0v) is 9.48. The van der Waals surface area contributed by atoms with E-state index in [4.69, 9.17) is 5.73 Å². The fourth-order valence-corrected chi connectivity index (χ4v) is 2.12. The molecule has 1 saturated heterocycles. The van der Waals surface area contributed by atoms with Crippen molar-refractivity contribution < 1.29 is 4.39 Å². The van der Waals surface area contributed by atoms with Crippen LogP contribution in [0.25, 0.3) is 0 Å². The third-order valence-corrected chi connectivity index (χ3v) is 3.24. The summed E-state index contributed by atoms with van der Waals surface area (Å²) in [6, 6.07) is 10.1. The fraction of sp³-hybridized carbons (Fsp3) is 0.538. The number of piperidine rings is 1. The van der Waals surface area contributed by atoms with Crippen molar-refractivity contribution in [1.29, 1.82) is 0 Å². The molecule has 2 rings (SSSR count). The number of halogens is 1. The van der Waals surface area contributed by atoms with Crippen LogP contribution in [0.1, 0.15) is 12.0 Å². The van der Waals surface area contributed by atoms with E-state index >= 15 is 0 Å². The Labute approximate surface area is 96.2 Å². The molecule has 2 N–H and O–H groups in total. The van der Waals surface area contributed by atoms with Crippen LogP contribution in [0.15, 0.2) is 30.3 Å². The number of likely N-dealkylation sites (tertiary alicyclic amines) is 1. The van der Waals surface area contributed by atoms with Gasteiger partial charge in [0.25, 0.3) is 0 Å². The first-order chi connectivity index (χ1) is 7.75. The first-order valence-electron chi connectivity index (χ1n) is 5.91. The summed E-state index contributed by atoms with van der Waals surface area (Å²) in [7, 11) is 0. The molecule has 1 aromatic carbocycles. The average molecular weight is 222 g/mol. The Morgan fingerprint density at radius 2 is 2.06 bits per heavy atom. The van der Waals surface area contributed by atoms with Crippen LogP contribution in [0, 0.1) is 0 Å². The molecular weight excluding hydrogens is 203 g/mol. The Hall–Kier alpha value is -0.930. The molecular formula is C13H19FN2. The van der Waals surface area contributed by atoms with Crippen LogP contribution in [-0.4, -0.2) is 36.7 Å². The van der Waals surface area contributed by atoms with E-state index in [1.807, 2.05) is 18.2 Å². The number of hydrogen-bond donors (Lipinski definition) is 1. The zero-order chi connectivity index (χ0) is 11.4. The second-order valence-electron chi connectivity index (χ2n) is 4.50. The number of nitrogens with zero attached hydrogens (tertiary/aromatic N) is 1. The van der Waals surface area contributed by atoms with Gasteiger partial charge in [-0.2, -0.15) is 0 Å². The summed E-state index contributed by atoms with van der Waals surface area (Å²) in [5.41, 5.74) is 6.96. The van der Waals surface area contributed by atoms with Crippen molar-refractivity contribution in [3.05, 3.63) is 35.9 Å². The van der Waals surface area contributed by atoms with Gasteiger partial charge in [-0.1, -0.05) is 30.3 Å². The molecule has 0 spiro atoms. The largest absolute Gasteiger partial charge is 0.325 e. The molecule has 16 heavy (non-hydrogen) atoms. The third-order valence-electron chi connectivity index (χ3n) is 3.24. The van der Waals surface area contributed by atoms with E-state index in [2.05, 4.69) is 17.0 Å². The lowest BCUT2D eigenvalue weighted by Gasteiger charge is -2.32. The maximum absolute atomic E-state index is 13.4. The van der Waals surface area contributed by atoms with Gasteiger partial charge >= 0.3 is 0 Å². The lowest BCUT2D eigenvalue weighted by atomic mass is 10.0. The number of rotatable bonds is 3. The predicted molar refractivity (Wildman–Crippen MR) is 64.1 cm³/mol. The van der Waals surface area contributed by atoms with Crippen molar-refractivity contribution in [2.45, 2.75) is 25.1 Å². The molecule has 0 aromatic heterocycles. The minimum absolute atomic E-state index is 0.257. The van der Waals surface area contributed by atoms with Gasteiger partial charge in [0.2, 0.25) is 0 Å². The summed E-state index contributed by atoms with van der Waals surface area (Å²) >= 11 is 0. The summed E-state index contributed by atoms with van der Waals surface area (Å²) in [6.45, 7) is 2.35. The zero-order valence-electron chi connectivity index (χ0n) is 9.48. The molecule has 0 aliphatic carbocycles. The molecule has 1 aliphatic rings. The van der Waals surface area contributed by atoms with E-state index in [1.165, 1.54) is 5.56 Å². The maximum Gasteiger partial charge on any atom is 0.128 e. The molecule has 88 valence electrons. The average Bonchev–Trinajstić information content (AvgIpc) is 2.32. The van der Waals surface area contributed by atoms with Crippen molar-refractivity contribution >= 4 is 0 Å². The fourth-order valence-electron chi connectivity index (χ4n) is 2.12. The molecule has 1 aliphatic heterocycles. The minimum Gasteiger partial charge on any atom is -0.325 e. The van der Waals surface area contributed by atoms with E-state index in [1.54, 1.807) is 0 Å². The standard InChI is InChI=1S/C13H19FN2/c14-12-10-16(9-7-13(12)15)8-6-11-4-2-1-3-5-11/h1-5,12-13H,6-10,15H2. The van der Waals surface area contributed by atoms with E-state index in [0.717, 1.165) is 25.9 Å². The van der Waals surface area contributed by atoms with Crippen molar-refractivity contribution in [3.8, 4) is 0 Å². The van der Waals surface area contributed by atoms with Gasteiger partial charge in [-0.25, -0.2) is 4.39 Å². The number of alkyl halides is 1. The second-order valence-corrected chi connectivity index (χ2v) is 4.50. The Balaban J connectivity index is 1.79. The topological polar surface area (TPSA) is 29.3 Å². The molecule has 0 saturated carbocycles. The summed E-state index contributed by atoms with van der Waals surface area (Å²) in [4.78, 5) is 2.17. The van der Waals surface area contributed by atoms with Gasteiger partial charge in [-0.15, -0.1) is 0 Å². The molecule has 0 bridgehead atoms. The minimum atomic E-state index is -0.857. The predicted octanol–water partition coefficient (Wildman–Crippen LogP) is 1.60. The van der Waals surface area contributed by atoms with Crippen molar-refractivity contribution in [2.24, 2.45) is 5.73 Å². The summed E-state index contributed by atoms with van der Waals surface area (Å²) in [6.07, 6.45) is 0.906. The van der Waals surface area contributed by atoms with E-state index in [9.17, 15) is 4.39 Å². The van der Waals surface area contributed by atoms with Gasteiger partial charge in [0.15, 0.2) is 0 Å². The molecule has 1 fully saturated rings. The van der Waals surface area contributed by atoms with Crippen LogP contribution in [-0.2, 0) is 6.42 Å². The molecule has 2 unspecified atom stereocenters. The van der Waals surface area contributed by atoms with Crippen LogP contribution in [0.3, 0.4) is 0 Å². The molecule has 1 heterocycles. The Morgan fingerprint density at radius 3 is 2.75 bits per heavy atom. The van der Waals surface area contributed by atoms with Gasteiger partial charge in [-0.05, 0) is 24.9 Å². The quantitative estimate of drug-likeness (QED) is 0.841. The van der Waals surface area contributed by atoms with Crippen LogP contribution in [0.5, 0.6) is 0 Å². The lowest BCUT2D eigenvalue weighted by molar-refractivity contribution is 0.120. The van der Waals surface area contributed by atoms with Gasteiger partial charge < -0.3 is 5.73 Å². The lowest BCUT2D eigenvalue weighted by Crippen LogP contribution is -2.48. The Bertz CT molecular complexity index is 315. The third kappa shape index (κ3) is 3.03. The molecule has 0 radical (unpaired) electrons. The van der Waals surface area contributed by atoms with Crippen molar-refractivity contribution in [1.82, 2.24) is 4.90 Å². The van der Waals surface area contributed by atoms with Crippen LogP contribution in [0.4, 0.5) is 4.39 Å². The smallest absolute Gasteiger partial charge is 0.128 e. The number of hydrogen-bond acceptors (Lipinski definition) is 2. The van der Waals surface area contributed by atoms with Gasteiger partial charge in [0.1, 0.15) is 6.17 Å². The van der Waals surface area contributed by atoms with Crippen LogP contribution in [0.2, 0.25) is 0 Å². The monoisotopic (exact) mass is 222 g/mol. The van der Waals surface area contributed by atoms with Gasteiger partial charge in [0, 0.05) is 19.1 Å². The van der Waals surface area contributed by atoms with E-state index in [0.29, 0.717) is 6.54 Å². The second kappa shape index (κ2) is 5.41. The van der Waals surface area contributed by atoms with Gasteiger partial charge in [-0.3, -0.25) is 4.90 Å². The molecule has 1 aromatic rings. The van der Waals surface area contributed by atoms with Gasteiger partial charge in [0.05, 0.1) is 0 Å². The van der Waals surface area contributed by atoms with Crippen LogP contribution < -0.4 is 5.73 Å².